The minimum atomic E-state index is 0.630. The number of benzene rings is 8. The fraction of sp³-hybridized carbons (Fsp3) is 0. The van der Waals surface area contributed by atoms with Gasteiger partial charge >= 0.3 is 0 Å². The smallest absolute Gasteiger partial charge is 0.227 e. The fourth-order valence-corrected chi connectivity index (χ4v) is 7.48. The number of anilines is 3. The average Bonchev–Trinajstić information content (AvgIpc) is 3.79. The lowest BCUT2D eigenvalue weighted by molar-refractivity contribution is 0.620. The normalized spacial score (nSPS) is 11.5. The third-order valence-corrected chi connectivity index (χ3v) is 9.80. The highest BCUT2D eigenvalue weighted by Crippen LogP contribution is 2.41. The van der Waals surface area contributed by atoms with Gasteiger partial charge in [-0.1, -0.05) is 115 Å². The van der Waals surface area contributed by atoms with Crippen LogP contribution in [0.25, 0.3) is 71.9 Å². The average molecular weight is 654 g/mol. The summed E-state index contributed by atoms with van der Waals surface area (Å²) in [6.45, 7) is 0. The highest BCUT2D eigenvalue weighted by Gasteiger charge is 2.19. The minimum absolute atomic E-state index is 0.630. The quantitative estimate of drug-likeness (QED) is 0.179. The summed E-state index contributed by atoms with van der Waals surface area (Å²) in [5.74, 6) is 0.630. The van der Waals surface area contributed by atoms with E-state index < -0.39 is 0 Å². The van der Waals surface area contributed by atoms with Crippen LogP contribution in [0, 0.1) is 0 Å². The standard InChI is InChI=1S/C47H31N3O/c1-4-13-34(14-5-1)47-48-46-44(51-47)30-25-33-15-12-21-39(45(33)46)32-23-26-37(27-24-32)49(35-16-6-2-7-17-35)38-28-29-41-40-20-10-11-22-42(40)50(43(41)31-38)36-18-8-3-9-19-36/h1-31H. The summed E-state index contributed by atoms with van der Waals surface area (Å²) in [5.41, 5.74) is 11.6. The molecule has 0 unspecified atom stereocenters. The molecule has 8 aromatic carbocycles. The van der Waals surface area contributed by atoms with Gasteiger partial charge in [-0.05, 0) is 89.3 Å². The summed E-state index contributed by atoms with van der Waals surface area (Å²) in [6.07, 6.45) is 0. The van der Waals surface area contributed by atoms with Gasteiger partial charge in [0.1, 0.15) is 5.52 Å². The molecule has 0 fully saturated rings. The zero-order valence-electron chi connectivity index (χ0n) is 27.6. The first-order valence-corrected chi connectivity index (χ1v) is 17.2. The molecule has 0 aliphatic heterocycles. The van der Waals surface area contributed by atoms with E-state index in [9.17, 15) is 0 Å². The largest absolute Gasteiger partial charge is 0.436 e. The summed E-state index contributed by atoms with van der Waals surface area (Å²) in [4.78, 5) is 7.35. The van der Waals surface area contributed by atoms with E-state index >= 15 is 0 Å². The highest BCUT2D eigenvalue weighted by atomic mass is 16.3. The van der Waals surface area contributed by atoms with Gasteiger partial charge < -0.3 is 13.9 Å². The van der Waals surface area contributed by atoms with Crippen molar-refractivity contribution in [2.24, 2.45) is 0 Å². The summed E-state index contributed by atoms with van der Waals surface area (Å²) in [7, 11) is 0. The Morgan fingerprint density at radius 1 is 0.471 bits per heavy atom. The molecule has 0 amide bonds. The Bertz CT molecular complexity index is 2840. The number of aromatic nitrogens is 2. The SMILES string of the molecule is c1ccc(-c2nc3c(ccc4cccc(-c5ccc(N(c6ccccc6)c6ccc7c8ccccc8n(-c8ccccc8)c7c6)cc5)c43)o2)cc1. The van der Waals surface area contributed by atoms with Crippen LogP contribution in [0.5, 0.6) is 0 Å². The van der Waals surface area contributed by atoms with Crippen LogP contribution >= 0.6 is 0 Å². The number of nitrogens with zero attached hydrogens (tertiary/aromatic N) is 3. The zero-order valence-corrected chi connectivity index (χ0v) is 27.6. The molecule has 0 atom stereocenters. The van der Waals surface area contributed by atoms with Crippen LogP contribution in [0.15, 0.2) is 192 Å². The summed E-state index contributed by atoms with van der Waals surface area (Å²) >= 11 is 0. The van der Waals surface area contributed by atoms with Gasteiger partial charge in [0.2, 0.25) is 5.89 Å². The topological polar surface area (TPSA) is 34.2 Å². The van der Waals surface area contributed by atoms with Gasteiger partial charge in [-0.2, -0.15) is 0 Å². The lowest BCUT2D eigenvalue weighted by Crippen LogP contribution is -2.10. The molecular formula is C47H31N3O. The first-order chi connectivity index (χ1) is 25.3. The highest BCUT2D eigenvalue weighted by molar-refractivity contribution is 6.12. The van der Waals surface area contributed by atoms with E-state index in [0.29, 0.717) is 5.89 Å². The molecule has 2 heterocycles. The van der Waals surface area contributed by atoms with E-state index in [4.69, 9.17) is 9.40 Å². The van der Waals surface area contributed by atoms with Crippen LogP contribution in [0.3, 0.4) is 0 Å². The molecule has 10 aromatic rings. The summed E-state index contributed by atoms with van der Waals surface area (Å²) < 4.78 is 8.64. The zero-order chi connectivity index (χ0) is 33.7. The van der Waals surface area contributed by atoms with Gasteiger partial charge in [0, 0.05) is 44.5 Å². The van der Waals surface area contributed by atoms with Gasteiger partial charge in [0.05, 0.1) is 11.0 Å². The Hall–Kier alpha value is -6.91. The van der Waals surface area contributed by atoms with Crippen LogP contribution in [-0.4, -0.2) is 9.55 Å². The molecule has 0 bridgehead atoms. The van der Waals surface area contributed by atoms with E-state index in [2.05, 4.69) is 161 Å². The van der Waals surface area contributed by atoms with Crippen molar-refractivity contribution in [3.05, 3.63) is 188 Å². The van der Waals surface area contributed by atoms with Crippen molar-refractivity contribution in [1.29, 1.82) is 0 Å². The number of para-hydroxylation sites is 3. The number of hydrogen-bond donors (Lipinski definition) is 0. The molecule has 0 saturated heterocycles. The molecule has 0 radical (unpaired) electrons. The molecule has 0 spiro atoms. The maximum atomic E-state index is 6.27. The van der Waals surface area contributed by atoms with Crippen molar-refractivity contribution < 1.29 is 4.42 Å². The van der Waals surface area contributed by atoms with Gasteiger partial charge in [-0.3, -0.25) is 0 Å². The maximum absolute atomic E-state index is 6.27. The van der Waals surface area contributed by atoms with Crippen LogP contribution in [-0.2, 0) is 0 Å². The van der Waals surface area contributed by atoms with Crippen LogP contribution < -0.4 is 4.90 Å². The van der Waals surface area contributed by atoms with E-state index in [0.717, 1.165) is 61.3 Å². The Kier molecular flexibility index (Phi) is 6.78. The van der Waals surface area contributed by atoms with Crippen LogP contribution in [0.2, 0.25) is 0 Å². The van der Waals surface area contributed by atoms with E-state index in [1.54, 1.807) is 0 Å². The van der Waals surface area contributed by atoms with Crippen molar-refractivity contribution in [3.63, 3.8) is 0 Å². The van der Waals surface area contributed by atoms with E-state index in [1.165, 1.54) is 21.8 Å². The fourth-order valence-electron chi connectivity index (χ4n) is 7.48. The van der Waals surface area contributed by atoms with E-state index in [-0.39, 0.29) is 0 Å². The molecule has 240 valence electrons. The van der Waals surface area contributed by atoms with Crippen LogP contribution in [0.4, 0.5) is 17.1 Å². The third-order valence-electron chi connectivity index (χ3n) is 9.80. The number of fused-ring (bicyclic) bond motifs is 6. The predicted molar refractivity (Wildman–Crippen MR) is 211 cm³/mol. The molecule has 10 rings (SSSR count). The minimum Gasteiger partial charge on any atom is -0.436 e. The Balaban J connectivity index is 1.11. The van der Waals surface area contributed by atoms with Crippen LogP contribution in [0.1, 0.15) is 0 Å². The first kappa shape index (κ1) is 29.0. The van der Waals surface area contributed by atoms with Gasteiger partial charge in [-0.15, -0.1) is 0 Å². The molecule has 0 aliphatic carbocycles. The molecule has 4 heteroatoms. The summed E-state index contributed by atoms with van der Waals surface area (Å²) in [5, 5.41) is 4.69. The Morgan fingerprint density at radius 3 is 1.94 bits per heavy atom. The number of hydrogen-bond acceptors (Lipinski definition) is 3. The lowest BCUT2D eigenvalue weighted by atomic mass is 9.97. The van der Waals surface area contributed by atoms with Gasteiger partial charge in [0.25, 0.3) is 0 Å². The van der Waals surface area contributed by atoms with Crippen molar-refractivity contribution in [1.82, 2.24) is 9.55 Å². The Morgan fingerprint density at radius 2 is 1.14 bits per heavy atom. The monoisotopic (exact) mass is 653 g/mol. The molecule has 0 saturated carbocycles. The molecule has 0 aliphatic rings. The second-order valence-electron chi connectivity index (χ2n) is 12.8. The van der Waals surface area contributed by atoms with Crippen molar-refractivity contribution in [2.45, 2.75) is 0 Å². The van der Waals surface area contributed by atoms with Crippen molar-refractivity contribution in [3.8, 4) is 28.3 Å². The summed E-state index contributed by atoms with van der Waals surface area (Å²) in [6, 6.07) is 66.2. The Labute approximate surface area is 295 Å². The first-order valence-electron chi connectivity index (χ1n) is 17.2. The lowest BCUT2D eigenvalue weighted by Gasteiger charge is -2.26. The number of oxazole rings is 1. The number of rotatable bonds is 6. The van der Waals surface area contributed by atoms with Gasteiger partial charge in [0.15, 0.2) is 5.58 Å². The predicted octanol–water partition coefficient (Wildman–Crippen LogP) is 12.9. The second-order valence-corrected chi connectivity index (χ2v) is 12.8. The maximum Gasteiger partial charge on any atom is 0.227 e. The third kappa shape index (κ3) is 4.88. The molecular weight excluding hydrogens is 623 g/mol. The second kappa shape index (κ2) is 11.9. The molecule has 4 nitrogen and oxygen atoms in total. The molecule has 51 heavy (non-hydrogen) atoms. The van der Waals surface area contributed by atoms with Gasteiger partial charge in [-0.25, -0.2) is 4.98 Å². The molecule has 0 N–H and O–H groups in total. The van der Waals surface area contributed by atoms with Crippen molar-refractivity contribution >= 4 is 60.7 Å². The van der Waals surface area contributed by atoms with E-state index in [1.807, 2.05) is 36.4 Å². The molecule has 2 aromatic heterocycles. The van der Waals surface area contributed by atoms with Crippen molar-refractivity contribution in [2.75, 3.05) is 4.90 Å².